The molecule has 0 bridgehead atoms. The van der Waals surface area contributed by atoms with Gasteiger partial charge in [-0.1, -0.05) is 37.6 Å². The lowest BCUT2D eigenvalue weighted by molar-refractivity contribution is 0.262. The van der Waals surface area contributed by atoms with Gasteiger partial charge in [-0.15, -0.1) is 0 Å². The van der Waals surface area contributed by atoms with Crippen LogP contribution in [0.25, 0.3) is 0 Å². The van der Waals surface area contributed by atoms with Gasteiger partial charge in [-0.05, 0) is 41.8 Å². The summed E-state index contributed by atoms with van der Waals surface area (Å²) in [5.41, 5.74) is 2.47. The van der Waals surface area contributed by atoms with Crippen molar-refractivity contribution in [1.82, 2.24) is 0 Å². The molecule has 0 atom stereocenters. The van der Waals surface area contributed by atoms with Gasteiger partial charge in [0.05, 0.1) is 12.8 Å². The predicted octanol–water partition coefficient (Wildman–Crippen LogP) is 5.12. The smallest absolute Gasteiger partial charge is 0.323 e. The van der Waals surface area contributed by atoms with Gasteiger partial charge < -0.3 is 15.4 Å². The first-order chi connectivity index (χ1) is 10.5. The van der Waals surface area contributed by atoms with Gasteiger partial charge in [0.15, 0.2) is 0 Å². The number of methoxy groups -OCH3 is 1. The highest BCUT2D eigenvalue weighted by atomic mass is 35.5. The molecular formula is C17H19ClN2O2. The van der Waals surface area contributed by atoms with Crippen molar-refractivity contribution in [2.75, 3.05) is 17.7 Å². The zero-order valence-corrected chi connectivity index (χ0v) is 13.6. The van der Waals surface area contributed by atoms with E-state index in [0.717, 1.165) is 5.69 Å². The predicted molar refractivity (Wildman–Crippen MR) is 91.2 cm³/mol. The monoisotopic (exact) mass is 318 g/mol. The number of hydrogen-bond donors (Lipinski definition) is 2. The molecule has 2 N–H and O–H groups in total. The number of anilines is 2. The van der Waals surface area contributed by atoms with Gasteiger partial charge in [-0.25, -0.2) is 4.79 Å². The molecule has 0 aliphatic rings. The molecule has 0 saturated carbocycles. The van der Waals surface area contributed by atoms with Crippen LogP contribution in [0.4, 0.5) is 16.2 Å². The Morgan fingerprint density at radius 2 is 1.77 bits per heavy atom. The van der Waals surface area contributed by atoms with Gasteiger partial charge in [-0.2, -0.15) is 0 Å². The first kappa shape index (κ1) is 16.2. The van der Waals surface area contributed by atoms with Crippen LogP contribution >= 0.6 is 11.6 Å². The summed E-state index contributed by atoms with van der Waals surface area (Å²) in [4.78, 5) is 12.1. The van der Waals surface area contributed by atoms with Crippen molar-refractivity contribution in [2.24, 2.45) is 0 Å². The molecule has 0 unspecified atom stereocenters. The molecular weight excluding hydrogens is 300 g/mol. The van der Waals surface area contributed by atoms with Crippen molar-refractivity contribution in [3.63, 3.8) is 0 Å². The maximum atomic E-state index is 12.1. The van der Waals surface area contributed by atoms with Crippen LogP contribution < -0.4 is 15.4 Å². The number of benzene rings is 2. The number of carbonyl (C=O) groups excluding carboxylic acids is 1. The number of amides is 2. The van der Waals surface area contributed by atoms with Crippen molar-refractivity contribution < 1.29 is 9.53 Å². The highest BCUT2D eigenvalue weighted by Crippen LogP contribution is 2.27. The number of nitrogens with one attached hydrogen (secondary N) is 2. The summed E-state index contributed by atoms with van der Waals surface area (Å²) < 4.78 is 5.19. The molecule has 0 aliphatic heterocycles. The van der Waals surface area contributed by atoms with E-state index in [1.165, 1.54) is 12.7 Å². The molecule has 2 amide bonds. The molecule has 4 nitrogen and oxygen atoms in total. The molecule has 0 radical (unpaired) electrons. The minimum Gasteiger partial charge on any atom is -0.495 e. The van der Waals surface area contributed by atoms with E-state index in [1.54, 1.807) is 18.2 Å². The van der Waals surface area contributed by atoms with Crippen LogP contribution in [-0.4, -0.2) is 13.1 Å². The third kappa shape index (κ3) is 4.15. The van der Waals surface area contributed by atoms with Crippen molar-refractivity contribution in [2.45, 2.75) is 19.8 Å². The van der Waals surface area contributed by atoms with Crippen LogP contribution in [0.15, 0.2) is 42.5 Å². The second-order valence-electron chi connectivity index (χ2n) is 5.20. The molecule has 0 spiro atoms. The van der Waals surface area contributed by atoms with Crippen LogP contribution in [0, 0.1) is 0 Å². The van der Waals surface area contributed by atoms with Crippen LogP contribution in [0.5, 0.6) is 5.75 Å². The fourth-order valence-electron chi connectivity index (χ4n) is 2.01. The lowest BCUT2D eigenvalue weighted by Crippen LogP contribution is -2.19. The summed E-state index contributed by atoms with van der Waals surface area (Å²) in [5.74, 6) is 1.01. The summed E-state index contributed by atoms with van der Waals surface area (Å²) in [6.07, 6.45) is 0. The Morgan fingerprint density at radius 3 is 2.36 bits per heavy atom. The molecule has 0 saturated heterocycles. The van der Waals surface area contributed by atoms with E-state index in [9.17, 15) is 4.79 Å². The van der Waals surface area contributed by atoms with Crippen LogP contribution in [0.3, 0.4) is 0 Å². The van der Waals surface area contributed by atoms with Crippen LogP contribution in [-0.2, 0) is 0 Å². The highest BCUT2D eigenvalue weighted by molar-refractivity contribution is 6.31. The summed E-state index contributed by atoms with van der Waals surface area (Å²) in [7, 11) is 1.54. The number of ether oxygens (including phenoxy) is 1. The van der Waals surface area contributed by atoms with E-state index in [4.69, 9.17) is 16.3 Å². The van der Waals surface area contributed by atoms with Crippen molar-refractivity contribution in [1.29, 1.82) is 0 Å². The zero-order chi connectivity index (χ0) is 16.1. The fraction of sp³-hybridized carbons (Fsp3) is 0.235. The normalized spacial score (nSPS) is 10.4. The third-order valence-corrected chi connectivity index (χ3v) is 3.48. The molecule has 0 aromatic heterocycles. The fourth-order valence-corrected chi connectivity index (χ4v) is 2.19. The molecule has 2 rings (SSSR count). The zero-order valence-electron chi connectivity index (χ0n) is 12.8. The van der Waals surface area contributed by atoms with Crippen molar-refractivity contribution >= 4 is 29.0 Å². The van der Waals surface area contributed by atoms with Crippen LogP contribution in [0.2, 0.25) is 5.02 Å². The standard InChI is InChI=1S/C17H19ClN2O2/c1-11(2)12-4-7-14(8-5-12)19-17(21)20-15-10-13(18)6-9-16(15)22-3/h4-11H,1-3H3,(H2,19,20,21). The molecule has 0 aliphatic carbocycles. The Hall–Kier alpha value is -2.20. The Kier molecular flexibility index (Phi) is 5.28. The summed E-state index contributed by atoms with van der Waals surface area (Å²) in [6.45, 7) is 4.25. The minimum absolute atomic E-state index is 0.349. The number of hydrogen-bond acceptors (Lipinski definition) is 2. The molecule has 0 heterocycles. The number of carbonyl (C=O) groups is 1. The second kappa shape index (κ2) is 7.18. The lowest BCUT2D eigenvalue weighted by Gasteiger charge is -2.12. The Morgan fingerprint density at radius 1 is 1.09 bits per heavy atom. The van der Waals surface area contributed by atoms with E-state index in [2.05, 4.69) is 24.5 Å². The maximum absolute atomic E-state index is 12.1. The summed E-state index contributed by atoms with van der Waals surface area (Å²) >= 11 is 5.94. The van der Waals surface area contributed by atoms with Crippen LogP contribution in [0.1, 0.15) is 25.3 Å². The topological polar surface area (TPSA) is 50.4 Å². The lowest BCUT2D eigenvalue weighted by atomic mass is 10.0. The van der Waals surface area contributed by atoms with E-state index >= 15 is 0 Å². The third-order valence-electron chi connectivity index (χ3n) is 3.24. The van der Waals surface area contributed by atoms with Gasteiger partial charge in [-0.3, -0.25) is 0 Å². The average Bonchev–Trinajstić information content (AvgIpc) is 2.48. The quantitative estimate of drug-likeness (QED) is 0.822. The summed E-state index contributed by atoms with van der Waals surface area (Å²) in [6, 6.07) is 12.5. The average molecular weight is 319 g/mol. The molecule has 2 aromatic rings. The van der Waals surface area contributed by atoms with Gasteiger partial charge in [0.1, 0.15) is 5.75 Å². The number of halogens is 1. The van der Waals surface area contributed by atoms with E-state index < -0.39 is 0 Å². The molecule has 116 valence electrons. The minimum atomic E-state index is -0.349. The number of rotatable bonds is 4. The van der Waals surface area contributed by atoms with E-state index in [1.807, 2.05) is 24.3 Å². The molecule has 0 fully saturated rings. The molecule has 22 heavy (non-hydrogen) atoms. The largest absolute Gasteiger partial charge is 0.495 e. The second-order valence-corrected chi connectivity index (χ2v) is 5.64. The van der Waals surface area contributed by atoms with Gasteiger partial charge in [0, 0.05) is 10.7 Å². The Labute approximate surface area is 135 Å². The number of urea groups is 1. The first-order valence-electron chi connectivity index (χ1n) is 7.01. The molecule has 2 aromatic carbocycles. The van der Waals surface area contributed by atoms with Gasteiger partial charge in [0.25, 0.3) is 0 Å². The Balaban J connectivity index is 2.05. The summed E-state index contributed by atoms with van der Waals surface area (Å²) in [5, 5.41) is 6.03. The first-order valence-corrected chi connectivity index (χ1v) is 7.39. The molecule has 5 heteroatoms. The SMILES string of the molecule is COc1ccc(Cl)cc1NC(=O)Nc1ccc(C(C)C)cc1. The Bertz CT molecular complexity index is 654. The highest BCUT2D eigenvalue weighted by Gasteiger charge is 2.08. The van der Waals surface area contributed by atoms with E-state index in [0.29, 0.717) is 22.4 Å². The van der Waals surface area contributed by atoms with E-state index in [-0.39, 0.29) is 6.03 Å². The van der Waals surface area contributed by atoms with Crippen molar-refractivity contribution in [3.05, 3.63) is 53.1 Å². The maximum Gasteiger partial charge on any atom is 0.323 e. The van der Waals surface area contributed by atoms with Gasteiger partial charge >= 0.3 is 6.03 Å². The van der Waals surface area contributed by atoms with Gasteiger partial charge in [0.2, 0.25) is 0 Å². The van der Waals surface area contributed by atoms with Crippen molar-refractivity contribution in [3.8, 4) is 5.75 Å².